The van der Waals surface area contributed by atoms with Gasteiger partial charge in [0.1, 0.15) is 29.6 Å². The summed E-state index contributed by atoms with van der Waals surface area (Å²) in [6, 6.07) is 17.8. The molecule has 0 bridgehead atoms. The molecule has 4 aromatic rings. The van der Waals surface area contributed by atoms with Crippen molar-refractivity contribution < 1.29 is 28.7 Å². The number of rotatable bonds is 6. The van der Waals surface area contributed by atoms with Crippen molar-refractivity contribution in [3.63, 3.8) is 0 Å². The molecule has 0 radical (unpaired) electrons. The molecule has 2 aromatic heterocycles. The van der Waals surface area contributed by atoms with E-state index in [9.17, 15) is 24.3 Å². The molecule has 0 spiro atoms. The van der Waals surface area contributed by atoms with Crippen LogP contribution in [0.5, 0.6) is 0 Å². The van der Waals surface area contributed by atoms with Crippen LogP contribution < -0.4 is 16.0 Å². The summed E-state index contributed by atoms with van der Waals surface area (Å²) in [5, 5.41) is 20.3. The molecule has 4 atom stereocenters. The number of nitrogens with zero attached hydrogens (tertiary/aromatic N) is 2. The van der Waals surface area contributed by atoms with E-state index in [1.165, 1.54) is 4.90 Å². The summed E-state index contributed by atoms with van der Waals surface area (Å²) < 4.78 is 5.77. The van der Waals surface area contributed by atoms with E-state index in [1.807, 2.05) is 84.8 Å². The molecule has 4 heterocycles. The van der Waals surface area contributed by atoms with Crippen LogP contribution in [-0.4, -0.2) is 93.9 Å². The van der Waals surface area contributed by atoms with Crippen LogP contribution in [0, 0.1) is 6.92 Å². The lowest BCUT2D eigenvalue weighted by Crippen LogP contribution is -2.57. The van der Waals surface area contributed by atoms with Crippen LogP contribution in [0.2, 0.25) is 0 Å². The smallest absolute Gasteiger partial charge is 0.246 e. The van der Waals surface area contributed by atoms with Crippen molar-refractivity contribution in [2.24, 2.45) is 0 Å². The van der Waals surface area contributed by atoms with E-state index in [0.29, 0.717) is 18.8 Å². The van der Waals surface area contributed by atoms with E-state index < -0.39 is 42.0 Å². The van der Waals surface area contributed by atoms with Gasteiger partial charge in [-0.25, -0.2) is 0 Å². The number of aliphatic hydroxyl groups excluding tert-OH is 1. The second-order valence-corrected chi connectivity index (χ2v) is 12.3. The van der Waals surface area contributed by atoms with Gasteiger partial charge in [-0.1, -0.05) is 48.5 Å². The van der Waals surface area contributed by atoms with Gasteiger partial charge in [0.05, 0.1) is 19.2 Å². The third-order valence-electron chi connectivity index (χ3n) is 8.78. The van der Waals surface area contributed by atoms with Crippen LogP contribution in [0.4, 0.5) is 0 Å². The number of hydrogen-bond donors (Lipinski definition) is 5. The lowest BCUT2D eigenvalue weighted by molar-refractivity contribution is -0.142. The van der Waals surface area contributed by atoms with E-state index >= 15 is 0 Å². The zero-order valence-electron chi connectivity index (χ0n) is 26.3. The maximum absolute atomic E-state index is 14.3. The molecule has 2 aromatic carbocycles. The molecule has 2 aliphatic rings. The summed E-state index contributed by atoms with van der Waals surface area (Å²) in [5.41, 5.74) is 2.58. The number of fused-ring (bicyclic) bond motifs is 2. The van der Waals surface area contributed by atoms with E-state index in [-0.39, 0.29) is 44.8 Å². The number of furan rings is 1. The van der Waals surface area contributed by atoms with Crippen LogP contribution in [0.1, 0.15) is 29.1 Å². The topological polar surface area (TPSA) is 160 Å². The molecular weight excluding hydrogens is 600 g/mol. The van der Waals surface area contributed by atoms with Gasteiger partial charge in [0.2, 0.25) is 23.6 Å². The number of H-pyrrole nitrogens is 1. The van der Waals surface area contributed by atoms with E-state index in [2.05, 4.69) is 20.9 Å². The third kappa shape index (κ3) is 7.72. The first-order valence-corrected chi connectivity index (χ1v) is 16.0. The molecule has 2 fully saturated rings. The number of amides is 4. The molecule has 12 nitrogen and oxygen atoms in total. The first kappa shape index (κ1) is 32.0. The summed E-state index contributed by atoms with van der Waals surface area (Å²) in [6.45, 7) is 2.53. The van der Waals surface area contributed by atoms with Gasteiger partial charge in [0.15, 0.2) is 0 Å². The zero-order chi connectivity index (χ0) is 32.9. The van der Waals surface area contributed by atoms with Crippen LogP contribution in [-0.2, 0) is 38.6 Å². The third-order valence-corrected chi connectivity index (χ3v) is 8.78. The van der Waals surface area contributed by atoms with Gasteiger partial charge in [-0.2, -0.15) is 0 Å². The Morgan fingerprint density at radius 1 is 0.894 bits per heavy atom. The summed E-state index contributed by atoms with van der Waals surface area (Å²) in [6.07, 6.45) is 1.30. The van der Waals surface area contributed by atoms with Gasteiger partial charge in [-0.15, -0.1) is 0 Å². The monoisotopic (exact) mass is 640 g/mol. The highest BCUT2D eigenvalue weighted by atomic mass is 16.3. The molecule has 0 aliphatic carbocycles. The van der Waals surface area contributed by atoms with Crippen molar-refractivity contribution in [2.45, 2.75) is 57.0 Å². The molecule has 2 aliphatic heterocycles. The van der Waals surface area contributed by atoms with Gasteiger partial charge in [-0.05, 0) is 36.2 Å². The molecule has 0 unspecified atom stereocenters. The molecule has 47 heavy (non-hydrogen) atoms. The van der Waals surface area contributed by atoms with Crippen molar-refractivity contribution in [1.29, 1.82) is 0 Å². The summed E-state index contributed by atoms with van der Waals surface area (Å²) in [7, 11) is 0. The zero-order valence-corrected chi connectivity index (χ0v) is 26.3. The molecular formula is C35H40N6O6. The Bertz CT molecular complexity index is 1730. The summed E-state index contributed by atoms with van der Waals surface area (Å²) in [4.78, 5) is 61.6. The fraction of sp³-hybridized carbons (Fsp3) is 0.371. The summed E-state index contributed by atoms with van der Waals surface area (Å²) in [5.74, 6) is -0.393. The normalized spacial score (nSPS) is 23.5. The van der Waals surface area contributed by atoms with Gasteiger partial charge < -0.3 is 35.4 Å². The largest absolute Gasteiger partial charge is 0.465 e. The number of aryl methyl sites for hydroxylation is 1. The first-order chi connectivity index (χ1) is 22.7. The van der Waals surface area contributed by atoms with Crippen molar-refractivity contribution in [1.82, 2.24) is 30.7 Å². The van der Waals surface area contributed by atoms with Crippen molar-refractivity contribution in [3.8, 4) is 0 Å². The maximum atomic E-state index is 14.3. The predicted molar refractivity (Wildman–Crippen MR) is 174 cm³/mol. The number of aromatic nitrogens is 1. The highest BCUT2D eigenvalue weighted by Gasteiger charge is 2.42. The molecule has 0 saturated carbocycles. The minimum absolute atomic E-state index is 0.0152. The SMILES string of the molecule is Cc1ccc(CN2CCNC(=O)[C@H](Cc3ccccc3)NC(=O)[C@@H]3C[C@@H](O)CN3C(=O)[C@@H](Cc3c[nH]c4ccccc34)NC(=O)C2)o1. The highest BCUT2D eigenvalue weighted by molar-refractivity contribution is 5.95. The Morgan fingerprint density at radius 2 is 1.68 bits per heavy atom. The molecule has 246 valence electrons. The van der Waals surface area contributed by atoms with Crippen LogP contribution in [0.15, 0.2) is 77.3 Å². The Balaban J connectivity index is 1.32. The average molecular weight is 641 g/mol. The standard InChI is InChI=1S/C35H40N6O6/c1-22-11-12-26(47-22)20-40-14-13-36-33(44)29(15-23-7-3-2-4-8-23)39-34(45)31-17-25(42)19-41(31)35(46)30(38-32(43)21-40)16-24-18-37-28-10-6-5-9-27(24)28/h2-12,18,25,29-31,37,42H,13-17,19-21H2,1H3,(H,36,44)(H,38,43)(H,39,45)/t25-,29+,30-,31+/m1/s1. The summed E-state index contributed by atoms with van der Waals surface area (Å²) >= 11 is 0. The Labute approximate surface area is 272 Å². The van der Waals surface area contributed by atoms with Crippen molar-refractivity contribution in [3.05, 3.63) is 95.6 Å². The second kappa shape index (κ2) is 14.2. The molecule has 5 N–H and O–H groups in total. The molecule has 2 saturated heterocycles. The van der Waals surface area contributed by atoms with Crippen LogP contribution in [0.3, 0.4) is 0 Å². The van der Waals surface area contributed by atoms with E-state index in [4.69, 9.17) is 4.42 Å². The predicted octanol–water partition coefficient (Wildman–Crippen LogP) is 1.42. The van der Waals surface area contributed by atoms with E-state index in [0.717, 1.165) is 27.8 Å². The lowest BCUT2D eigenvalue weighted by atomic mass is 10.0. The molecule has 4 amide bonds. The highest BCUT2D eigenvalue weighted by Crippen LogP contribution is 2.24. The number of aliphatic hydroxyl groups is 1. The number of hydrogen-bond acceptors (Lipinski definition) is 7. The van der Waals surface area contributed by atoms with Gasteiger partial charge in [0.25, 0.3) is 0 Å². The number of carbonyl (C=O) groups excluding carboxylic acids is 4. The molecule has 12 heteroatoms. The Morgan fingerprint density at radius 3 is 2.47 bits per heavy atom. The number of benzene rings is 2. The van der Waals surface area contributed by atoms with Crippen molar-refractivity contribution in [2.75, 3.05) is 26.2 Å². The Kier molecular flexibility index (Phi) is 9.69. The van der Waals surface area contributed by atoms with E-state index in [1.54, 1.807) is 0 Å². The fourth-order valence-electron chi connectivity index (χ4n) is 6.46. The maximum Gasteiger partial charge on any atom is 0.246 e. The van der Waals surface area contributed by atoms with Crippen LogP contribution >= 0.6 is 0 Å². The quantitative estimate of drug-likeness (QED) is 0.213. The second-order valence-electron chi connectivity index (χ2n) is 12.3. The van der Waals surface area contributed by atoms with Gasteiger partial charge in [-0.3, -0.25) is 24.1 Å². The lowest BCUT2D eigenvalue weighted by Gasteiger charge is -2.30. The minimum atomic E-state index is -1.02. The number of para-hydroxylation sites is 1. The van der Waals surface area contributed by atoms with Gasteiger partial charge in [0, 0.05) is 56.0 Å². The van der Waals surface area contributed by atoms with Crippen molar-refractivity contribution >= 4 is 34.5 Å². The number of nitrogens with one attached hydrogen (secondary N) is 4. The van der Waals surface area contributed by atoms with Crippen LogP contribution in [0.25, 0.3) is 10.9 Å². The number of carbonyl (C=O) groups is 4. The molecule has 6 rings (SSSR count). The Hall–Kier alpha value is -4.94. The minimum Gasteiger partial charge on any atom is -0.465 e. The van der Waals surface area contributed by atoms with Gasteiger partial charge >= 0.3 is 0 Å². The fourth-order valence-corrected chi connectivity index (χ4v) is 6.46. The number of aromatic amines is 1. The first-order valence-electron chi connectivity index (χ1n) is 16.0. The average Bonchev–Trinajstić information content (AvgIpc) is 3.78.